The summed E-state index contributed by atoms with van der Waals surface area (Å²) in [6.07, 6.45) is 0. The van der Waals surface area contributed by atoms with Gasteiger partial charge in [0.05, 0.1) is 12.7 Å². The van der Waals surface area contributed by atoms with Crippen LogP contribution in [0.2, 0.25) is 0 Å². The molecule has 0 fully saturated rings. The second kappa shape index (κ2) is 5.29. The molecule has 0 radical (unpaired) electrons. The summed E-state index contributed by atoms with van der Waals surface area (Å²) in [4.78, 5) is 15.8. The molecule has 1 aliphatic rings. The molecule has 0 saturated heterocycles. The highest BCUT2D eigenvalue weighted by atomic mass is 16.5. The number of nitriles is 1. The lowest BCUT2D eigenvalue weighted by molar-refractivity contribution is 0.0693. The molecule has 1 aromatic carbocycles. The van der Waals surface area contributed by atoms with Crippen molar-refractivity contribution in [2.24, 2.45) is 0 Å². The number of hydrogen-bond acceptors (Lipinski definition) is 4. The Bertz CT molecular complexity index is 534. The topological polar surface area (TPSA) is 56.6 Å². The van der Waals surface area contributed by atoms with Crippen molar-refractivity contribution in [3.63, 3.8) is 0 Å². The van der Waals surface area contributed by atoms with Gasteiger partial charge in [-0.25, -0.2) is 0 Å². The van der Waals surface area contributed by atoms with Gasteiger partial charge in [-0.2, -0.15) is 5.26 Å². The van der Waals surface area contributed by atoms with Gasteiger partial charge >= 0.3 is 0 Å². The van der Waals surface area contributed by atoms with Gasteiger partial charge < -0.3 is 14.5 Å². The van der Waals surface area contributed by atoms with E-state index in [1.165, 1.54) is 0 Å². The average Bonchev–Trinajstić information content (AvgIpc) is 2.68. The van der Waals surface area contributed by atoms with Gasteiger partial charge in [0.25, 0.3) is 5.91 Å². The molecule has 0 aromatic heterocycles. The first-order valence-electron chi connectivity index (χ1n) is 6.11. The standard InChI is InChI=1S/C14H17N3O2/c1-16(2)10-4-5-11-12(8-10)13(9-15)17(14(11)18)6-7-19-3/h4-5,8,13H,6-7H2,1-3H3. The van der Waals surface area contributed by atoms with Crippen molar-refractivity contribution in [2.45, 2.75) is 6.04 Å². The van der Waals surface area contributed by atoms with Gasteiger partial charge in [0.2, 0.25) is 0 Å². The third-order valence-corrected chi connectivity index (χ3v) is 3.31. The quantitative estimate of drug-likeness (QED) is 0.820. The van der Waals surface area contributed by atoms with Crippen molar-refractivity contribution >= 4 is 11.6 Å². The predicted molar refractivity (Wildman–Crippen MR) is 72.0 cm³/mol. The Morgan fingerprint density at radius 3 is 2.79 bits per heavy atom. The first-order valence-corrected chi connectivity index (χ1v) is 6.11. The van der Waals surface area contributed by atoms with Crippen LogP contribution < -0.4 is 4.90 Å². The number of carbonyl (C=O) groups excluding carboxylic acids is 1. The summed E-state index contributed by atoms with van der Waals surface area (Å²) in [6, 6.07) is 7.29. The summed E-state index contributed by atoms with van der Waals surface area (Å²) in [5.41, 5.74) is 2.39. The Labute approximate surface area is 113 Å². The highest BCUT2D eigenvalue weighted by molar-refractivity contribution is 6.00. The number of amides is 1. The summed E-state index contributed by atoms with van der Waals surface area (Å²) in [5, 5.41) is 9.33. The number of benzene rings is 1. The minimum Gasteiger partial charge on any atom is -0.383 e. The zero-order valence-electron chi connectivity index (χ0n) is 11.4. The Kier molecular flexibility index (Phi) is 3.72. The summed E-state index contributed by atoms with van der Waals surface area (Å²) in [5.74, 6) is -0.0936. The molecular weight excluding hydrogens is 242 g/mol. The van der Waals surface area contributed by atoms with Gasteiger partial charge in [-0.05, 0) is 18.2 Å². The maximum Gasteiger partial charge on any atom is 0.255 e. The summed E-state index contributed by atoms with van der Waals surface area (Å²) in [6.45, 7) is 0.859. The molecule has 0 bridgehead atoms. The van der Waals surface area contributed by atoms with E-state index < -0.39 is 6.04 Å². The lowest BCUT2D eigenvalue weighted by Gasteiger charge is -2.19. The van der Waals surface area contributed by atoms with E-state index in [0.29, 0.717) is 18.7 Å². The first-order chi connectivity index (χ1) is 9.10. The maximum atomic E-state index is 12.3. The van der Waals surface area contributed by atoms with Crippen LogP contribution >= 0.6 is 0 Å². The lowest BCUT2D eigenvalue weighted by atomic mass is 10.0. The van der Waals surface area contributed by atoms with Crippen molar-refractivity contribution in [1.29, 1.82) is 5.26 Å². The third kappa shape index (κ3) is 2.27. The van der Waals surface area contributed by atoms with Crippen LogP contribution in [0, 0.1) is 11.3 Å². The Balaban J connectivity index is 2.39. The molecule has 0 saturated carbocycles. The molecular formula is C14H17N3O2. The van der Waals surface area contributed by atoms with Crippen LogP contribution in [-0.2, 0) is 4.74 Å². The van der Waals surface area contributed by atoms with E-state index in [0.717, 1.165) is 11.3 Å². The molecule has 5 heteroatoms. The lowest BCUT2D eigenvalue weighted by Crippen LogP contribution is -2.30. The van der Waals surface area contributed by atoms with Crippen LogP contribution in [0.1, 0.15) is 22.0 Å². The van der Waals surface area contributed by atoms with E-state index in [1.54, 1.807) is 18.1 Å². The molecule has 1 heterocycles. The van der Waals surface area contributed by atoms with Crippen molar-refractivity contribution < 1.29 is 9.53 Å². The van der Waals surface area contributed by atoms with Gasteiger partial charge in [-0.15, -0.1) is 0 Å². The molecule has 100 valence electrons. The second-order valence-electron chi connectivity index (χ2n) is 4.69. The number of anilines is 1. The summed E-state index contributed by atoms with van der Waals surface area (Å²) < 4.78 is 4.99. The molecule has 2 rings (SSSR count). The van der Waals surface area contributed by atoms with Gasteiger partial charge in [-0.3, -0.25) is 4.79 Å². The zero-order valence-corrected chi connectivity index (χ0v) is 11.4. The second-order valence-corrected chi connectivity index (χ2v) is 4.69. The van der Waals surface area contributed by atoms with Gasteiger partial charge in [-0.1, -0.05) is 0 Å². The van der Waals surface area contributed by atoms with Gasteiger partial charge in [0, 0.05) is 44.6 Å². The van der Waals surface area contributed by atoms with E-state index in [2.05, 4.69) is 6.07 Å². The van der Waals surface area contributed by atoms with Crippen molar-refractivity contribution in [3.05, 3.63) is 29.3 Å². The summed E-state index contributed by atoms with van der Waals surface area (Å²) in [7, 11) is 5.45. The fourth-order valence-electron chi connectivity index (χ4n) is 2.25. The number of carbonyl (C=O) groups is 1. The summed E-state index contributed by atoms with van der Waals surface area (Å²) >= 11 is 0. The monoisotopic (exact) mass is 259 g/mol. The fraction of sp³-hybridized carbons (Fsp3) is 0.429. The van der Waals surface area contributed by atoms with Gasteiger partial charge in [0.1, 0.15) is 6.04 Å². The third-order valence-electron chi connectivity index (χ3n) is 3.31. The number of methoxy groups -OCH3 is 1. The Hall–Kier alpha value is -2.06. The Morgan fingerprint density at radius 1 is 1.47 bits per heavy atom. The van der Waals surface area contributed by atoms with Gasteiger partial charge in [0.15, 0.2) is 0 Å². The van der Waals surface area contributed by atoms with Crippen molar-refractivity contribution in [1.82, 2.24) is 4.90 Å². The molecule has 1 amide bonds. The number of fused-ring (bicyclic) bond motifs is 1. The largest absolute Gasteiger partial charge is 0.383 e. The van der Waals surface area contributed by atoms with E-state index in [4.69, 9.17) is 4.74 Å². The molecule has 5 nitrogen and oxygen atoms in total. The smallest absolute Gasteiger partial charge is 0.255 e. The van der Waals surface area contributed by atoms with Crippen molar-refractivity contribution in [3.8, 4) is 6.07 Å². The fourth-order valence-corrected chi connectivity index (χ4v) is 2.25. The zero-order chi connectivity index (χ0) is 14.0. The molecule has 1 aliphatic heterocycles. The highest BCUT2D eigenvalue weighted by Gasteiger charge is 2.36. The molecule has 1 atom stereocenters. The Morgan fingerprint density at radius 2 is 2.21 bits per heavy atom. The molecule has 19 heavy (non-hydrogen) atoms. The van der Waals surface area contributed by atoms with E-state index in [-0.39, 0.29) is 5.91 Å². The van der Waals surface area contributed by atoms with Crippen molar-refractivity contribution in [2.75, 3.05) is 39.3 Å². The van der Waals surface area contributed by atoms with E-state index in [1.807, 2.05) is 31.1 Å². The van der Waals surface area contributed by atoms with Crippen LogP contribution in [0.15, 0.2) is 18.2 Å². The molecule has 0 aliphatic carbocycles. The highest BCUT2D eigenvalue weighted by Crippen LogP contribution is 2.35. The van der Waals surface area contributed by atoms with Crippen LogP contribution in [0.25, 0.3) is 0 Å². The van der Waals surface area contributed by atoms with Crippen LogP contribution in [0.5, 0.6) is 0 Å². The molecule has 1 aromatic rings. The number of rotatable bonds is 4. The number of ether oxygens (including phenoxy) is 1. The van der Waals surface area contributed by atoms with Crippen LogP contribution in [0.4, 0.5) is 5.69 Å². The minimum absolute atomic E-state index is 0.0936. The SMILES string of the molecule is COCCN1C(=O)c2ccc(N(C)C)cc2C1C#N. The number of hydrogen-bond donors (Lipinski definition) is 0. The average molecular weight is 259 g/mol. The van der Waals surface area contributed by atoms with Crippen LogP contribution in [-0.4, -0.2) is 45.2 Å². The van der Waals surface area contributed by atoms with Crippen LogP contribution in [0.3, 0.4) is 0 Å². The predicted octanol–water partition coefficient (Wildman–Crippen LogP) is 1.42. The number of nitrogens with zero attached hydrogens (tertiary/aromatic N) is 3. The van der Waals surface area contributed by atoms with E-state index in [9.17, 15) is 10.1 Å². The minimum atomic E-state index is -0.516. The molecule has 0 spiro atoms. The molecule has 1 unspecified atom stereocenters. The first kappa shape index (κ1) is 13.4. The van der Waals surface area contributed by atoms with E-state index >= 15 is 0 Å². The maximum absolute atomic E-state index is 12.3. The molecule has 0 N–H and O–H groups in total. The normalized spacial score (nSPS) is 17.3.